The number of methoxy groups -OCH3 is 1. The van der Waals surface area contributed by atoms with Gasteiger partial charge in [-0.2, -0.15) is 0 Å². The van der Waals surface area contributed by atoms with E-state index >= 15 is 0 Å². The smallest absolute Gasteiger partial charge is 0.191 e. The summed E-state index contributed by atoms with van der Waals surface area (Å²) in [5.74, 6) is 1.99. The molecule has 1 aromatic carbocycles. The summed E-state index contributed by atoms with van der Waals surface area (Å²) in [5, 5.41) is 8.97. The molecule has 0 unspecified atom stereocenters. The highest BCUT2D eigenvalue weighted by Gasteiger charge is 2.15. The van der Waals surface area contributed by atoms with E-state index in [2.05, 4.69) is 10.2 Å². The zero-order valence-corrected chi connectivity index (χ0v) is 13.7. The van der Waals surface area contributed by atoms with Crippen molar-refractivity contribution in [3.8, 4) is 17.1 Å². The molecule has 0 saturated carbocycles. The largest absolute Gasteiger partial charge is 0.496 e. The third kappa shape index (κ3) is 3.98. The lowest BCUT2D eigenvalue weighted by molar-refractivity contribution is 0.416. The van der Waals surface area contributed by atoms with Gasteiger partial charge in [0.15, 0.2) is 11.0 Å². The van der Waals surface area contributed by atoms with Crippen LogP contribution in [0.1, 0.15) is 0 Å². The van der Waals surface area contributed by atoms with Crippen molar-refractivity contribution in [3.05, 3.63) is 24.3 Å². The van der Waals surface area contributed by atoms with E-state index in [-0.39, 0.29) is 5.75 Å². The van der Waals surface area contributed by atoms with Crippen LogP contribution >= 0.6 is 11.8 Å². The molecular weight excluding hydrogens is 310 g/mol. The van der Waals surface area contributed by atoms with Gasteiger partial charge in [0, 0.05) is 19.1 Å². The molecule has 0 aliphatic carbocycles. The van der Waals surface area contributed by atoms with Gasteiger partial charge in [-0.25, -0.2) is 8.42 Å². The summed E-state index contributed by atoms with van der Waals surface area (Å²) in [7, 11) is 0.498. The van der Waals surface area contributed by atoms with Gasteiger partial charge in [-0.3, -0.25) is 0 Å². The Balaban J connectivity index is 2.21. The minimum atomic E-state index is -2.96. The molecule has 0 aliphatic heterocycles. The maximum absolute atomic E-state index is 11.1. The molecule has 0 radical (unpaired) electrons. The topological polar surface area (TPSA) is 74.1 Å². The van der Waals surface area contributed by atoms with Crippen LogP contribution in [0.2, 0.25) is 0 Å². The summed E-state index contributed by atoms with van der Waals surface area (Å²) in [6.07, 6.45) is 1.23. The van der Waals surface area contributed by atoms with Crippen molar-refractivity contribution < 1.29 is 13.2 Å². The number of benzene rings is 1. The van der Waals surface area contributed by atoms with E-state index in [0.717, 1.165) is 11.3 Å². The van der Waals surface area contributed by atoms with Crippen molar-refractivity contribution in [2.45, 2.75) is 5.16 Å². The molecule has 6 nitrogen and oxygen atoms in total. The highest BCUT2D eigenvalue weighted by Crippen LogP contribution is 2.29. The monoisotopic (exact) mass is 327 g/mol. The number of thioether (sulfide) groups is 1. The van der Waals surface area contributed by atoms with E-state index in [1.54, 1.807) is 7.11 Å². The fourth-order valence-corrected chi connectivity index (χ4v) is 3.89. The predicted octanol–water partition coefficient (Wildman–Crippen LogP) is 1.63. The summed E-state index contributed by atoms with van der Waals surface area (Å²) in [5.41, 5.74) is 0.852. The Morgan fingerprint density at radius 1 is 1.29 bits per heavy atom. The first kappa shape index (κ1) is 15.8. The van der Waals surface area contributed by atoms with Crippen molar-refractivity contribution in [2.75, 3.05) is 24.9 Å². The molecule has 2 aromatic rings. The summed E-state index contributed by atoms with van der Waals surface area (Å²) >= 11 is 1.37. The van der Waals surface area contributed by atoms with E-state index in [4.69, 9.17) is 4.74 Å². The Morgan fingerprint density at radius 3 is 2.67 bits per heavy atom. The van der Waals surface area contributed by atoms with Crippen LogP contribution < -0.4 is 4.74 Å². The lowest BCUT2D eigenvalue weighted by Gasteiger charge is -2.08. The summed E-state index contributed by atoms with van der Waals surface area (Å²) < 4.78 is 29.4. The molecule has 0 bridgehead atoms. The standard InChI is InChI=1S/C13H17N3O3S2/c1-16-12(10-6-4-5-7-11(10)19-2)14-15-13(16)20-8-9-21(3,17)18/h4-7H,8-9H2,1-3H3. The second kappa shape index (κ2) is 6.48. The Bertz CT molecular complexity index is 726. The van der Waals surface area contributed by atoms with Crippen LogP contribution in [0.15, 0.2) is 29.4 Å². The predicted molar refractivity (Wildman–Crippen MR) is 83.4 cm³/mol. The van der Waals surface area contributed by atoms with Crippen LogP contribution in [-0.2, 0) is 16.9 Å². The van der Waals surface area contributed by atoms with Gasteiger partial charge in [-0.1, -0.05) is 23.9 Å². The molecule has 0 saturated heterocycles. The highest BCUT2D eigenvalue weighted by molar-refractivity contribution is 8.00. The number of aromatic nitrogens is 3. The Hall–Kier alpha value is -1.54. The first-order chi connectivity index (χ1) is 9.92. The van der Waals surface area contributed by atoms with E-state index in [9.17, 15) is 8.42 Å². The minimum absolute atomic E-state index is 0.120. The summed E-state index contributed by atoms with van der Waals surface area (Å²) in [4.78, 5) is 0. The molecule has 114 valence electrons. The fourth-order valence-electron chi connectivity index (χ4n) is 1.79. The van der Waals surface area contributed by atoms with Gasteiger partial charge in [0.25, 0.3) is 0 Å². The number of sulfone groups is 1. The Kier molecular flexibility index (Phi) is 4.89. The quantitative estimate of drug-likeness (QED) is 0.751. The zero-order chi connectivity index (χ0) is 15.5. The van der Waals surface area contributed by atoms with Crippen LogP contribution in [0.5, 0.6) is 5.75 Å². The van der Waals surface area contributed by atoms with Crippen LogP contribution in [0, 0.1) is 0 Å². The number of rotatable bonds is 6. The molecule has 1 heterocycles. The van der Waals surface area contributed by atoms with Gasteiger partial charge < -0.3 is 9.30 Å². The second-order valence-electron chi connectivity index (χ2n) is 4.54. The molecule has 21 heavy (non-hydrogen) atoms. The van der Waals surface area contributed by atoms with Crippen LogP contribution in [0.3, 0.4) is 0 Å². The first-order valence-corrected chi connectivity index (χ1v) is 9.30. The van der Waals surface area contributed by atoms with Crippen LogP contribution in [0.4, 0.5) is 0 Å². The van der Waals surface area contributed by atoms with Gasteiger partial charge in [-0.15, -0.1) is 10.2 Å². The molecule has 0 spiro atoms. The molecular formula is C13H17N3O3S2. The number of hydrogen-bond donors (Lipinski definition) is 0. The van der Waals surface area contributed by atoms with Gasteiger partial charge in [0.1, 0.15) is 15.6 Å². The number of hydrogen-bond acceptors (Lipinski definition) is 6. The molecule has 0 N–H and O–H groups in total. The first-order valence-electron chi connectivity index (χ1n) is 6.25. The van der Waals surface area contributed by atoms with E-state index in [1.807, 2.05) is 35.9 Å². The molecule has 8 heteroatoms. The van der Waals surface area contributed by atoms with Gasteiger partial charge in [-0.05, 0) is 12.1 Å². The molecule has 0 amide bonds. The molecule has 0 aliphatic rings. The number of nitrogens with zero attached hydrogens (tertiary/aromatic N) is 3. The van der Waals surface area contributed by atoms with Crippen LogP contribution in [0.25, 0.3) is 11.4 Å². The molecule has 1 aromatic heterocycles. The maximum Gasteiger partial charge on any atom is 0.191 e. The number of para-hydroxylation sites is 1. The van der Waals surface area contributed by atoms with Gasteiger partial charge >= 0.3 is 0 Å². The molecule has 2 rings (SSSR count). The molecule has 0 atom stereocenters. The average Bonchev–Trinajstić information content (AvgIpc) is 2.79. The fraction of sp³-hybridized carbons (Fsp3) is 0.385. The SMILES string of the molecule is COc1ccccc1-c1nnc(SCCS(C)(=O)=O)n1C. The van der Waals surface area contributed by atoms with Gasteiger partial charge in [0.2, 0.25) is 0 Å². The second-order valence-corrected chi connectivity index (χ2v) is 7.87. The summed E-state index contributed by atoms with van der Waals surface area (Å²) in [6.45, 7) is 0. The van der Waals surface area contributed by atoms with Gasteiger partial charge in [0.05, 0.1) is 18.4 Å². The van der Waals surface area contributed by atoms with E-state index in [0.29, 0.717) is 16.7 Å². The van der Waals surface area contributed by atoms with E-state index < -0.39 is 9.84 Å². The Morgan fingerprint density at radius 2 is 2.00 bits per heavy atom. The Labute approximate surface area is 128 Å². The normalized spacial score (nSPS) is 11.6. The molecule has 0 fully saturated rings. The average molecular weight is 327 g/mol. The third-order valence-electron chi connectivity index (χ3n) is 2.87. The lowest BCUT2D eigenvalue weighted by atomic mass is 10.2. The highest BCUT2D eigenvalue weighted by atomic mass is 32.2. The number of ether oxygens (including phenoxy) is 1. The zero-order valence-electron chi connectivity index (χ0n) is 12.1. The minimum Gasteiger partial charge on any atom is -0.496 e. The summed E-state index contributed by atoms with van der Waals surface area (Å²) in [6, 6.07) is 7.57. The van der Waals surface area contributed by atoms with Crippen molar-refractivity contribution in [3.63, 3.8) is 0 Å². The third-order valence-corrected chi connectivity index (χ3v) is 5.09. The van der Waals surface area contributed by atoms with Crippen molar-refractivity contribution in [1.29, 1.82) is 0 Å². The van der Waals surface area contributed by atoms with Crippen LogP contribution in [-0.4, -0.2) is 48.1 Å². The van der Waals surface area contributed by atoms with E-state index in [1.165, 1.54) is 18.0 Å². The lowest BCUT2D eigenvalue weighted by Crippen LogP contribution is -2.06. The van der Waals surface area contributed by atoms with Crippen molar-refractivity contribution >= 4 is 21.6 Å². The maximum atomic E-state index is 11.1. The van der Waals surface area contributed by atoms with Crippen molar-refractivity contribution in [2.24, 2.45) is 7.05 Å². The van der Waals surface area contributed by atoms with Crippen molar-refractivity contribution in [1.82, 2.24) is 14.8 Å².